The number of pyridine rings is 1. The van der Waals surface area contributed by atoms with Crippen molar-refractivity contribution in [2.75, 3.05) is 0 Å². The summed E-state index contributed by atoms with van der Waals surface area (Å²) in [5.74, 6) is -0.105. The van der Waals surface area contributed by atoms with E-state index in [2.05, 4.69) is 9.72 Å². The van der Waals surface area contributed by atoms with Crippen LogP contribution < -0.4 is 10.5 Å². The molecule has 6 heteroatoms. The predicted molar refractivity (Wildman–Crippen MR) is 43.8 cm³/mol. The maximum absolute atomic E-state index is 11.8. The van der Waals surface area contributed by atoms with Crippen LogP contribution >= 0.6 is 11.6 Å². The van der Waals surface area contributed by atoms with Crippen LogP contribution in [0.5, 0.6) is 5.75 Å². The molecule has 0 bridgehead atoms. The van der Waals surface area contributed by atoms with E-state index in [1.807, 2.05) is 0 Å². The molecule has 0 atom stereocenters. The summed E-state index contributed by atoms with van der Waals surface area (Å²) >= 11 is 5.54. The Morgan fingerprint density at radius 1 is 1.62 bits per heavy atom. The summed E-state index contributed by atoms with van der Waals surface area (Å²) in [5.41, 5.74) is 5.70. The fourth-order valence-electron chi connectivity index (χ4n) is 0.759. The molecule has 1 aromatic heterocycles. The summed E-state index contributed by atoms with van der Waals surface area (Å²) in [6.07, 6.45) is 1.22. The SMILES string of the molecule is NCc1cc(OC(F)F)c(Cl)cn1. The van der Waals surface area contributed by atoms with E-state index < -0.39 is 6.61 Å². The maximum Gasteiger partial charge on any atom is 0.387 e. The molecule has 1 rings (SSSR count). The van der Waals surface area contributed by atoms with Crippen LogP contribution in [-0.4, -0.2) is 11.6 Å². The van der Waals surface area contributed by atoms with Crippen LogP contribution in [0.25, 0.3) is 0 Å². The van der Waals surface area contributed by atoms with E-state index in [4.69, 9.17) is 17.3 Å². The first-order chi connectivity index (χ1) is 6.13. The van der Waals surface area contributed by atoms with Crippen LogP contribution in [0, 0.1) is 0 Å². The lowest BCUT2D eigenvalue weighted by Gasteiger charge is -2.06. The number of rotatable bonds is 3. The van der Waals surface area contributed by atoms with Crippen LogP contribution in [0.15, 0.2) is 12.3 Å². The van der Waals surface area contributed by atoms with Gasteiger partial charge in [-0.1, -0.05) is 11.6 Å². The van der Waals surface area contributed by atoms with Gasteiger partial charge >= 0.3 is 6.61 Å². The third-order valence-electron chi connectivity index (χ3n) is 1.30. The molecule has 1 heterocycles. The van der Waals surface area contributed by atoms with E-state index in [0.717, 1.165) is 0 Å². The molecule has 13 heavy (non-hydrogen) atoms. The van der Waals surface area contributed by atoms with Gasteiger partial charge in [-0.2, -0.15) is 8.78 Å². The molecular weight excluding hydrogens is 202 g/mol. The molecule has 0 aliphatic rings. The van der Waals surface area contributed by atoms with E-state index in [0.29, 0.717) is 5.69 Å². The first kappa shape index (κ1) is 10.1. The lowest BCUT2D eigenvalue weighted by Crippen LogP contribution is -2.05. The molecule has 0 fully saturated rings. The molecule has 0 saturated carbocycles. The van der Waals surface area contributed by atoms with Crippen molar-refractivity contribution in [1.82, 2.24) is 4.98 Å². The highest BCUT2D eigenvalue weighted by atomic mass is 35.5. The van der Waals surface area contributed by atoms with E-state index >= 15 is 0 Å². The summed E-state index contributed by atoms with van der Waals surface area (Å²) in [6.45, 7) is -2.75. The van der Waals surface area contributed by atoms with Gasteiger partial charge in [0.1, 0.15) is 10.8 Å². The van der Waals surface area contributed by atoms with E-state index in [1.165, 1.54) is 12.3 Å². The Balaban J connectivity index is 2.90. The van der Waals surface area contributed by atoms with Crippen LogP contribution in [0.4, 0.5) is 8.78 Å². The topological polar surface area (TPSA) is 48.1 Å². The van der Waals surface area contributed by atoms with Gasteiger partial charge in [0.2, 0.25) is 0 Å². The molecule has 0 saturated heterocycles. The Labute approximate surface area is 78.5 Å². The molecule has 0 radical (unpaired) electrons. The third kappa shape index (κ3) is 2.78. The van der Waals surface area contributed by atoms with E-state index in [-0.39, 0.29) is 17.3 Å². The van der Waals surface area contributed by atoms with Gasteiger partial charge in [0.05, 0.1) is 5.69 Å². The van der Waals surface area contributed by atoms with Crippen LogP contribution in [0.2, 0.25) is 5.02 Å². The molecule has 0 aliphatic heterocycles. The quantitative estimate of drug-likeness (QED) is 0.824. The van der Waals surface area contributed by atoms with Crippen LogP contribution in [0.3, 0.4) is 0 Å². The molecule has 72 valence electrons. The zero-order valence-corrected chi connectivity index (χ0v) is 7.26. The zero-order chi connectivity index (χ0) is 9.84. The van der Waals surface area contributed by atoms with Crippen molar-refractivity contribution < 1.29 is 13.5 Å². The molecular formula is C7H7ClF2N2O. The van der Waals surface area contributed by atoms with Gasteiger partial charge in [-0.15, -0.1) is 0 Å². The average molecular weight is 209 g/mol. The third-order valence-corrected chi connectivity index (χ3v) is 1.59. The number of hydrogen-bond donors (Lipinski definition) is 1. The number of nitrogens with zero attached hydrogens (tertiary/aromatic N) is 1. The number of halogens is 3. The summed E-state index contributed by atoms with van der Waals surface area (Å²) in [6, 6.07) is 1.29. The number of aromatic nitrogens is 1. The highest BCUT2D eigenvalue weighted by Crippen LogP contribution is 2.25. The Kier molecular flexibility index (Phi) is 3.39. The first-order valence-corrected chi connectivity index (χ1v) is 3.80. The van der Waals surface area contributed by atoms with Crippen molar-refractivity contribution in [3.8, 4) is 5.75 Å². The Morgan fingerprint density at radius 3 is 2.85 bits per heavy atom. The Hall–Kier alpha value is -0.940. The van der Waals surface area contributed by atoms with Crippen LogP contribution in [0.1, 0.15) is 5.69 Å². The van der Waals surface area contributed by atoms with Gasteiger partial charge in [0.15, 0.2) is 0 Å². The highest BCUT2D eigenvalue weighted by Gasteiger charge is 2.09. The molecule has 1 aromatic rings. The van der Waals surface area contributed by atoms with Crippen LogP contribution in [-0.2, 0) is 6.54 Å². The molecule has 0 amide bonds. The van der Waals surface area contributed by atoms with E-state index in [1.54, 1.807) is 0 Å². The second kappa shape index (κ2) is 4.34. The van der Waals surface area contributed by atoms with Crippen molar-refractivity contribution in [3.05, 3.63) is 23.0 Å². The Morgan fingerprint density at radius 2 is 2.31 bits per heavy atom. The number of hydrogen-bond acceptors (Lipinski definition) is 3. The summed E-state index contributed by atoms with van der Waals surface area (Å²) in [5, 5.41) is 0.0394. The number of nitrogens with two attached hydrogens (primary N) is 1. The maximum atomic E-state index is 11.8. The molecule has 0 spiro atoms. The molecule has 2 N–H and O–H groups in total. The zero-order valence-electron chi connectivity index (χ0n) is 6.51. The molecule has 3 nitrogen and oxygen atoms in total. The smallest absolute Gasteiger partial charge is 0.387 e. The fourth-order valence-corrected chi connectivity index (χ4v) is 0.907. The number of alkyl halides is 2. The van der Waals surface area contributed by atoms with Gasteiger partial charge in [-0.3, -0.25) is 4.98 Å². The average Bonchev–Trinajstić information content (AvgIpc) is 2.08. The van der Waals surface area contributed by atoms with Crippen molar-refractivity contribution >= 4 is 11.6 Å². The van der Waals surface area contributed by atoms with Gasteiger partial charge < -0.3 is 10.5 Å². The molecule has 0 aromatic carbocycles. The predicted octanol–water partition coefficient (Wildman–Crippen LogP) is 1.80. The van der Waals surface area contributed by atoms with Gasteiger partial charge in [-0.25, -0.2) is 0 Å². The summed E-state index contributed by atoms with van der Waals surface area (Å²) < 4.78 is 27.7. The minimum absolute atomic E-state index is 0.0394. The fraction of sp³-hybridized carbons (Fsp3) is 0.286. The van der Waals surface area contributed by atoms with Crippen molar-refractivity contribution in [2.45, 2.75) is 13.2 Å². The monoisotopic (exact) mass is 208 g/mol. The Bertz CT molecular complexity index is 296. The molecule has 0 aliphatic carbocycles. The standard InChI is InChI=1S/C7H7ClF2N2O/c8-5-3-12-4(2-11)1-6(5)13-7(9)10/h1,3,7H,2,11H2. The van der Waals surface area contributed by atoms with Gasteiger partial charge in [-0.05, 0) is 0 Å². The highest BCUT2D eigenvalue weighted by molar-refractivity contribution is 6.31. The second-order valence-electron chi connectivity index (χ2n) is 2.19. The second-order valence-corrected chi connectivity index (χ2v) is 2.60. The van der Waals surface area contributed by atoms with Crippen molar-refractivity contribution in [2.24, 2.45) is 5.73 Å². The lowest BCUT2D eigenvalue weighted by molar-refractivity contribution is -0.0498. The minimum Gasteiger partial charge on any atom is -0.433 e. The van der Waals surface area contributed by atoms with Gasteiger partial charge in [0.25, 0.3) is 0 Å². The van der Waals surface area contributed by atoms with E-state index in [9.17, 15) is 8.78 Å². The minimum atomic E-state index is -2.90. The number of ether oxygens (including phenoxy) is 1. The van der Waals surface area contributed by atoms with Crippen molar-refractivity contribution in [3.63, 3.8) is 0 Å². The largest absolute Gasteiger partial charge is 0.433 e. The molecule has 0 unspecified atom stereocenters. The van der Waals surface area contributed by atoms with Crippen molar-refractivity contribution in [1.29, 1.82) is 0 Å². The first-order valence-electron chi connectivity index (χ1n) is 3.42. The summed E-state index contributed by atoms with van der Waals surface area (Å²) in [7, 11) is 0. The summed E-state index contributed by atoms with van der Waals surface area (Å²) in [4.78, 5) is 3.78. The normalized spacial score (nSPS) is 10.5. The lowest BCUT2D eigenvalue weighted by atomic mass is 10.3. The van der Waals surface area contributed by atoms with Gasteiger partial charge in [0, 0.05) is 18.8 Å².